The molecule has 2 N–H and O–H groups in total. The van der Waals surface area contributed by atoms with E-state index in [1.165, 1.54) is 24.9 Å². The van der Waals surface area contributed by atoms with Crippen LogP contribution in [0, 0.1) is 0 Å². The Kier molecular flexibility index (Phi) is 3.85. The van der Waals surface area contributed by atoms with Crippen molar-refractivity contribution in [1.29, 1.82) is 0 Å². The quantitative estimate of drug-likeness (QED) is 0.674. The van der Waals surface area contributed by atoms with Gasteiger partial charge in [0, 0.05) is 14.1 Å². The molecule has 118 valence electrons. The fourth-order valence-electron chi connectivity index (χ4n) is 2.03. The fraction of sp³-hybridized carbons (Fsp3) is 0.417. The summed E-state index contributed by atoms with van der Waals surface area (Å²) < 4.78 is 3.35. The van der Waals surface area contributed by atoms with Crippen LogP contribution in [0.2, 0.25) is 0 Å². The average molecular weight is 309 g/mol. The van der Waals surface area contributed by atoms with Crippen LogP contribution in [0.3, 0.4) is 0 Å². The van der Waals surface area contributed by atoms with E-state index in [4.69, 9.17) is 5.11 Å². The number of nitrogens with one attached hydrogen (secondary N) is 1. The van der Waals surface area contributed by atoms with E-state index in [1.807, 2.05) is 0 Å². The lowest BCUT2D eigenvalue weighted by atomic mass is 10.3. The molecule has 0 aromatic carbocycles. The maximum absolute atomic E-state index is 12.3. The minimum absolute atomic E-state index is 0.182. The summed E-state index contributed by atoms with van der Waals surface area (Å²) in [6.45, 7) is 0.718. The second-order valence-corrected chi connectivity index (χ2v) is 4.89. The first-order valence-corrected chi connectivity index (χ1v) is 6.37. The van der Waals surface area contributed by atoms with Crippen LogP contribution in [-0.4, -0.2) is 41.7 Å². The maximum Gasteiger partial charge on any atom is 0.332 e. The lowest BCUT2D eigenvalue weighted by Gasteiger charge is -2.11. The second-order valence-electron chi connectivity index (χ2n) is 4.89. The van der Waals surface area contributed by atoms with Crippen molar-refractivity contribution < 1.29 is 14.7 Å². The highest BCUT2D eigenvalue weighted by molar-refractivity contribution is 5.83. The van der Waals surface area contributed by atoms with Crippen LogP contribution < -0.4 is 16.6 Å². The predicted molar refractivity (Wildman–Crippen MR) is 75.5 cm³/mol. The molecule has 2 aromatic rings. The first-order chi connectivity index (χ1) is 10.2. The van der Waals surface area contributed by atoms with Crippen molar-refractivity contribution >= 4 is 23.0 Å². The van der Waals surface area contributed by atoms with Crippen LogP contribution >= 0.6 is 0 Å². The predicted octanol–water partition coefficient (Wildman–Crippen LogP) is -1.98. The van der Waals surface area contributed by atoms with Crippen molar-refractivity contribution in [2.75, 3.05) is 0 Å². The van der Waals surface area contributed by atoms with Gasteiger partial charge in [-0.2, -0.15) is 0 Å². The Labute approximate surface area is 123 Å². The van der Waals surface area contributed by atoms with E-state index in [0.29, 0.717) is 0 Å². The number of rotatable bonds is 4. The molecule has 0 bridgehead atoms. The summed E-state index contributed by atoms with van der Waals surface area (Å²) >= 11 is 0. The van der Waals surface area contributed by atoms with Gasteiger partial charge >= 0.3 is 11.7 Å². The maximum atomic E-state index is 12.3. The van der Waals surface area contributed by atoms with Gasteiger partial charge in [0.15, 0.2) is 11.2 Å². The standard InChI is InChI=1S/C12H15N5O5/c1-6(11(20)21)14-7(18)4-17-10(19)8-9(13-5-15(8)2)16(3)12(17)22/h5-6H,4H2,1-3H3,(H,14,18)(H,20,21). The molecule has 0 saturated carbocycles. The zero-order valence-corrected chi connectivity index (χ0v) is 12.2. The van der Waals surface area contributed by atoms with Crippen molar-refractivity contribution in [3.05, 3.63) is 27.2 Å². The van der Waals surface area contributed by atoms with Crippen molar-refractivity contribution in [2.45, 2.75) is 19.5 Å². The summed E-state index contributed by atoms with van der Waals surface area (Å²) in [4.78, 5) is 50.9. The Morgan fingerprint density at radius 3 is 2.59 bits per heavy atom. The largest absolute Gasteiger partial charge is 0.480 e. The van der Waals surface area contributed by atoms with Crippen LogP contribution in [-0.2, 0) is 30.2 Å². The molecule has 0 saturated heterocycles. The van der Waals surface area contributed by atoms with Crippen LogP contribution in [0.1, 0.15) is 6.92 Å². The van der Waals surface area contributed by atoms with Gasteiger partial charge in [0.1, 0.15) is 12.6 Å². The van der Waals surface area contributed by atoms with E-state index in [1.54, 1.807) is 7.05 Å². The van der Waals surface area contributed by atoms with Crippen LogP contribution in [0.4, 0.5) is 0 Å². The summed E-state index contributed by atoms with van der Waals surface area (Å²) in [5, 5.41) is 10.9. The number of aromatic nitrogens is 4. The van der Waals surface area contributed by atoms with Gasteiger partial charge in [0.2, 0.25) is 5.91 Å². The summed E-state index contributed by atoms with van der Waals surface area (Å²) in [7, 11) is 3.03. The number of nitrogens with zero attached hydrogens (tertiary/aromatic N) is 4. The lowest BCUT2D eigenvalue weighted by Crippen LogP contribution is -2.46. The number of hydrogen-bond acceptors (Lipinski definition) is 5. The van der Waals surface area contributed by atoms with E-state index in [2.05, 4.69) is 10.3 Å². The summed E-state index contributed by atoms with van der Waals surface area (Å²) in [5.41, 5.74) is -0.959. The van der Waals surface area contributed by atoms with Crippen molar-refractivity contribution in [2.24, 2.45) is 14.1 Å². The van der Waals surface area contributed by atoms with Crippen LogP contribution in [0.15, 0.2) is 15.9 Å². The Morgan fingerprint density at radius 2 is 2.00 bits per heavy atom. The average Bonchev–Trinajstić information content (AvgIpc) is 2.83. The molecular weight excluding hydrogens is 294 g/mol. The van der Waals surface area contributed by atoms with Gasteiger partial charge < -0.3 is 15.0 Å². The summed E-state index contributed by atoms with van der Waals surface area (Å²) in [6.07, 6.45) is 1.39. The number of carbonyl (C=O) groups is 2. The number of carboxylic acids is 1. The number of carbonyl (C=O) groups excluding carboxylic acids is 1. The molecule has 10 nitrogen and oxygen atoms in total. The number of amides is 1. The van der Waals surface area contributed by atoms with E-state index < -0.39 is 35.7 Å². The van der Waals surface area contributed by atoms with Crippen molar-refractivity contribution in [3.63, 3.8) is 0 Å². The number of hydrogen-bond donors (Lipinski definition) is 2. The van der Waals surface area contributed by atoms with Crippen molar-refractivity contribution in [1.82, 2.24) is 24.0 Å². The van der Waals surface area contributed by atoms with Gasteiger partial charge in [0.05, 0.1) is 6.33 Å². The Balaban J connectivity index is 2.46. The van der Waals surface area contributed by atoms with Gasteiger partial charge in [-0.1, -0.05) is 0 Å². The molecule has 1 unspecified atom stereocenters. The van der Waals surface area contributed by atoms with Crippen molar-refractivity contribution in [3.8, 4) is 0 Å². The molecule has 2 rings (SSSR count). The molecule has 0 aliphatic heterocycles. The monoisotopic (exact) mass is 309 g/mol. The van der Waals surface area contributed by atoms with Gasteiger partial charge in [-0.3, -0.25) is 19.0 Å². The minimum atomic E-state index is -1.21. The van der Waals surface area contributed by atoms with E-state index >= 15 is 0 Å². The van der Waals surface area contributed by atoms with E-state index in [-0.39, 0.29) is 11.2 Å². The number of imidazole rings is 1. The van der Waals surface area contributed by atoms with E-state index in [9.17, 15) is 19.2 Å². The molecule has 0 radical (unpaired) electrons. The molecule has 22 heavy (non-hydrogen) atoms. The number of carboxylic acid groups (broad SMARTS) is 1. The van der Waals surface area contributed by atoms with Gasteiger partial charge in [-0.05, 0) is 6.92 Å². The highest BCUT2D eigenvalue weighted by atomic mass is 16.4. The summed E-state index contributed by atoms with van der Waals surface area (Å²) in [6, 6.07) is -1.12. The Hall–Kier alpha value is -2.91. The lowest BCUT2D eigenvalue weighted by molar-refractivity contribution is -0.141. The van der Waals surface area contributed by atoms with Crippen LogP contribution in [0.25, 0.3) is 11.2 Å². The van der Waals surface area contributed by atoms with Gasteiger partial charge in [0.25, 0.3) is 5.56 Å². The molecule has 1 atom stereocenters. The van der Waals surface area contributed by atoms with Crippen LogP contribution in [0.5, 0.6) is 0 Å². The number of fused-ring (bicyclic) bond motifs is 1. The normalized spacial score (nSPS) is 12.3. The highest BCUT2D eigenvalue weighted by Crippen LogP contribution is 2.02. The molecule has 10 heteroatoms. The smallest absolute Gasteiger partial charge is 0.332 e. The molecule has 1 amide bonds. The Bertz CT molecular complexity index is 874. The molecule has 2 heterocycles. The fourth-order valence-corrected chi connectivity index (χ4v) is 2.03. The molecule has 2 aromatic heterocycles. The van der Waals surface area contributed by atoms with E-state index in [0.717, 1.165) is 9.13 Å². The van der Waals surface area contributed by atoms with Gasteiger partial charge in [-0.15, -0.1) is 0 Å². The molecule has 0 fully saturated rings. The van der Waals surface area contributed by atoms with Gasteiger partial charge in [-0.25, -0.2) is 14.3 Å². The zero-order chi connectivity index (χ0) is 16.6. The highest BCUT2D eigenvalue weighted by Gasteiger charge is 2.19. The third-order valence-electron chi connectivity index (χ3n) is 3.25. The molecule has 0 spiro atoms. The number of aryl methyl sites for hydroxylation is 2. The first-order valence-electron chi connectivity index (χ1n) is 6.37. The number of aliphatic carboxylic acids is 1. The molecular formula is C12H15N5O5. The summed E-state index contributed by atoms with van der Waals surface area (Å²) in [5.74, 6) is -1.95. The second kappa shape index (κ2) is 5.47. The first kappa shape index (κ1) is 15.5. The Morgan fingerprint density at radius 1 is 1.36 bits per heavy atom. The molecule has 0 aliphatic carbocycles. The topological polar surface area (TPSA) is 128 Å². The SMILES string of the molecule is CC(NC(=O)Cn1c(=O)c2c(ncn2C)n(C)c1=O)C(=O)O. The third kappa shape index (κ3) is 2.50. The third-order valence-corrected chi connectivity index (χ3v) is 3.25. The minimum Gasteiger partial charge on any atom is -0.480 e. The molecule has 0 aliphatic rings. The zero-order valence-electron chi connectivity index (χ0n) is 12.2.